The molecule has 0 saturated carbocycles. The molecule has 0 aliphatic carbocycles. The van der Waals surface area contributed by atoms with Crippen molar-refractivity contribution in [1.82, 2.24) is 4.98 Å². The van der Waals surface area contributed by atoms with E-state index in [1.54, 1.807) is 37.3 Å². The average Bonchev–Trinajstić information content (AvgIpc) is 3.51. The number of carbonyl (C=O) groups excluding carboxylic acids is 3. The number of rotatable bonds is 9. The van der Waals surface area contributed by atoms with Crippen molar-refractivity contribution >= 4 is 39.9 Å². The van der Waals surface area contributed by atoms with Crippen LogP contribution < -0.4 is 9.64 Å². The number of thiazole rings is 1. The molecule has 1 aliphatic rings. The number of benzene rings is 3. The van der Waals surface area contributed by atoms with Gasteiger partial charge in [0.05, 0.1) is 11.3 Å². The molecule has 1 saturated heterocycles. The lowest BCUT2D eigenvalue weighted by Gasteiger charge is -2.23. The molecule has 1 N–H and O–H groups in total. The number of hydrogen-bond donors (Lipinski definition) is 1. The normalized spacial score (nSPS) is 15.9. The maximum Gasteiger partial charge on any atom is 0.350 e. The van der Waals surface area contributed by atoms with E-state index < -0.39 is 35.3 Å². The lowest BCUT2D eigenvalue weighted by atomic mass is 9.95. The first-order chi connectivity index (χ1) is 20.7. The molecular weight excluding hydrogens is 571 g/mol. The first-order valence-electron chi connectivity index (χ1n) is 13.3. The van der Waals surface area contributed by atoms with Crippen molar-refractivity contribution in [3.63, 3.8) is 0 Å². The Kier molecular flexibility index (Phi) is 8.49. The van der Waals surface area contributed by atoms with Gasteiger partial charge in [-0.3, -0.25) is 14.5 Å². The van der Waals surface area contributed by atoms with Gasteiger partial charge in [-0.05, 0) is 55.3 Å². The fraction of sp³-hybridized carbons (Fsp3) is 0.152. The number of aromatic nitrogens is 1. The second-order valence-corrected chi connectivity index (χ2v) is 10.7. The Hall–Kier alpha value is -5.09. The van der Waals surface area contributed by atoms with Crippen LogP contribution in [0.2, 0.25) is 0 Å². The number of Topliss-reactive ketones (excluding diaryl/α,β-unsaturated/α-hetero) is 1. The number of anilines is 1. The van der Waals surface area contributed by atoms with E-state index in [0.717, 1.165) is 27.4 Å². The highest BCUT2D eigenvalue weighted by Gasteiger charge is 2.49. The maximum absolute atomic E-state index is 15.2. The van der Waals surface area contributed by atoms with Gasteiger partial charge in [-0.1, -0.05) is 66.5 Å². The highest BCUT2D eigenvalue weighted by molar-refractivity contribution is 7.17. The zero-order chi connectivity index (χ0) is 30.7. The summed E-state index contributed by atoms with van der Waals surface area (Å²) in [6.45, 7) is 7.38. The number of ether oxygens (including phenoxy) is 2. The second kappa shape index (κ2) is 12.4. The Balaban J connectivity index is 1.53. The number of aryl methyl sites for hydroxylation is 2. The van der Waals surface area contributed by atoms with E-state index >= 15 is 4.39 Å². The molecule has 5 rings (SSSR count). The fourth-order valence-corrected chi connectivity index (χ4v) is 5.68. The summed E-state index contributed by atoms with van der Waals surface area (Å²) in [4.78, 5) is 44.9. The number of halogens is 1. The molecule has 0 radical (unpaired) electrons. The summed E-state index contributed by atoms with van der Waals surface area (Å²) in [6, 6.07) is 18.5. The summed E-state index contributed by atoms with van der Waals surface area (Å²) in [6.07, 6.45) is 1.41. The van der Waals surface area contributed by atoms with Crippen LogP contribution in [0.1, 0.15) is 43.7 Å². The molecule has 1 fully saturated rings. The second-order valence-electron chi connectivity index (χ2n) is 9.73. The first-order valence-corrected chi connectivity index (χ1v) is 14.1. The summed E-state index contributed by atoms with van der Waals surface area (Å²) < 4.78 is 26.2. The van der Waals surface area contributed by atoms with Crippen LogP contribution in [0.25, 0.3) is 5.76 Å². The Bertz CT molecular complexity index is 1760. The van der Waals surface area contributed by atoms with E-state index in [4.69, 9.17) is 9.47 Å². The highest BCUT2D eigenvalue weighted by Crippen LogP contribution is 2.44. The highest BCUT2D eigenvalue weighted by atomic mass is 32.1. The van der Waals surface area contributed by atoms with Crippen molar-refractivity contribution in [2.75, 3.05) is 11.5 Å². The summed E-state index contributed by atoms with van der Waals surface area (Å²) in [5.41, 5.74) is 2.27. The van der Waals surface area contributed by atoms with Gasteiger partial charge < -0.3 is 14.6 Å². The molecular formula is C33H27FN2O6S. The smallest absolute Gasteiger partial charge is 0.350 e. The summed E-state index contributed by atoms with van der Waals surface area (Å²) in [5.74, 6) is -3.37. The van der Waals surface area contributed by atoms with Gasteiger partial charge in [0, 0.05) is 11.1 Å². The van der Waals surface area contributed by atoms with Crippen molar-refractivity contribution in [3.8, 4) is 5.75 Å². The van der Waals surface area contributed by atoms with Crippen LogP contribution in [0.15, 0.2) is 91.0 Å². The number of esters is 1. The van der Waals surface area contributed by atoms with Gasteiger partial charge in [0.25, 0.3) is 5.78 Å². The average molecular weight is 599 g/mol. The predicted octanol–water partition coefficient (Wildman–Crippen LogP) is 6.45. The number of aliphatic hydroxyl groups excluding tert-OH is 1. The molecule has 1 unspecified atom stereocenters. The molecule has 1 amide bonds. The quantitative estimate of drug-likeness (QED) is 0.0776. The van der Waals surface area contributed by atoms with Crippen molar-refractivity contribution in [1.29, 1.82) is 0 Å². The van der Waals surface area contributed by atoms with E-state index in [0.29, 0.717) is 12.4 Å². The van der Waals surface area contributed by atoms with Crippen molar-refractivity contribution in [2.24, 2.45) is 0 Å². The van der Waals surface area contributed by atoms with Crippen LogP contribution in [0.5, 0.6) is 5.75 Å². The largest absolute Gasteiger partial charge is 0.507 e. The van der Waals surface area contributed by atoms with Crippen LogP contribution in [-0.2, 0) is 20.9 Å². The number of carbonyl (C=O) groups is 3. The number of ketones is 1. The first kappa shape index (κ1) is 29.4. The molecule has 2 heterocycles. The van der Waals surface area contributed by atoms with Crippen LogP contribution in [0, 0.1) is 19.7 Å². The SMILES string of the molecule is C=CCOC(=O)c1sc(N2C(=O)C(=O)C(=C(O)c3ccc(OCc4ccccc4C)cc3)C2c2ccccc2F)nc1C. The third-order valence-corrected chi connectivity index (χ3v) is 8.07. The topological polar surface area (TPSA) is 106 Å². The van der Waals surface area contributed by atoms with Crippen LogP contribution in [-0.4, -0.2) is 34.4 Å². The van der Waals surface area contributed by atoms with Gasteiger partial charge in [-0.15, -0.1) is 0 Å². The van der Waals surface area contributed by atoms with Crippen LogP contribution in [0.4, 0.5) is 9.52 Å². The zero-order valence-electron chi connectivity index (χ0n) is 23.4. The zero-order valence-corrected chi connectivity index (χ0v) is 24.2. The lowest BCUT2D eigenvalue weighted by molar-refractivity contribution is -0.132. The summed E-state index contributed by atoms with van der Waals surface area (Å²) in [5, 5.41) is 11.4. The third kappa shape index (κ3) is 5.82. The minimum absolute atomic E-state index is 0.0163. The van der Waals surface area contributed by atoms with Gasteiger partial charge in [-0.2, -0.15) is 0 Å². The molecule has 8 nitrogen and oxygen atoms in total. The fourth-order valence-electron chi connectivity index (χ4n) is 4.69. The molecule has 1 aliphatic heterocycles. The molecule has 4 aromatic rings. The predicted molar refractivity (Wildman–Crippen MR) is 160 cm³/mol. The molecule has 1 atom stereocenters. The monoisotopic (exact) mass is 598 g/mol. The molecule has 10 heteroatoms. The summed E-state index contributed by atoms with van der Waals surface area (Å²) in [7, 11) is 0. The molecule has 0 bridgehead atoms. The Morgan fingerprint density at radius 2 is 1.77 bits per heavy atom. The number of aliphatic hydroxyl groups is 1. The van der Waals surface area contributed by atoms with Crippen molar-refractivity contribution in [2.45, 2.75) is 26.5 Å². The number of hydrogen-bond acceptors (Lipinski definition) is 8. The van der Waals surface area contributed by atoms with E-state index in [1.807, 2.05) is 31.2 Å². The van der Waals surface area contributed by atoms with Crippen molar-refractivity contribution in [3.05, 3.63) is 130 Å². The Labute approximate surface area is 251 Å². The Morgan fingerprint density at radius 3 is 2.47 bits per heavy atom. The minimum Gasteiger partial charge on any atom is -0.507 e. The van der Waals surface area contributed by atoms with Gasteiger partial charge in [0.2, 0.25) is 0 Å². The van der Waals surface area contributed by atoms with E-state index in [1.165, 1.54) is 24.3 Å². The van der Waals surface area contributed by atoms with Gasteiger partial charge >= 0.3 is 11.9 Å². The number of amides is 1. The molecule has 1 aromatic heterocycles. The molecule has 218 valence electrons. The van der Waals surface area contributed by atoms with Gasteiger partial charge in [0.15, 0.2) is 5.13 Å². The molecule has 43 heavy (non-hydrogen) atoms. The summed E-state index contributed by atoms with van der Waals surface area (Å²) >= 11 is 0.831. The van der Waals surface area contributed by atoms with E-state index in [9.17, 15) is 19.5 Å². The third-order valence-electron chi connectivity index (χ3n) is 6.94. The van der Waals surface area contributed by atoms with Crippen molar-refractivity contribution < 1.29 is 33.4 Å². The molecule has 3 aromatic carbocycles. The minimum atomic E-state index is -1.35. The van der Waals surface area contributed by atoms with Crippen LogP contribution >= 0.6 is 11.3 Å². The van der Waals surface area contributed by atoms with E-state index in [2.05, 4.69) is 11.6 Å². The van der Waals surface area contributed by atoms with E-state index in [-0.39, 0.29) is 39.0 Å². The van der Waals surface area contributed by atoms with Crippen LogP contribution in [0.3, 0.4) is 0 Å². The Morgan fingerprint density at radius 1 is 1.07 bits per heavy atom. The van der Waals surface area contributed by atoms with Gasteiger partial charge in [0.1, 0.15) is 41.5 Å². The number of nitrogens with zero attached hydrogens (tertiary/aromatic N) is 2. The standard InChI is InChI=1S/C33H27FN2O6S/c1-4-17-41-32(40)30-20(3)35-33(43-30)36-27(24-11-7-8-12-25(24)34)26(29(38)31(36)39)28(37)21-13-15-23(16-14-21)42-18-22-10-6-5-9-19(22)2/h4-16,27,37H,1,17-18H2,2-3H3. The molecule has 0 spiro atoms. The lowest BCUT2D eigenvalue weighted by Crippen LogP contribution is -2.29. The maximum atomic E-state index is 15.2. The van der Waals surface area contributed by atoms with Gasteiger partial charge in [-0.25, -0.2) is 14.2 Å².